The van der Waals surface area contributed by atoms with Crippen LogP contribution >= 0.6 is 15.9 Å². The van der Waals surface area contributed by atoms with Crippen molar-refractivity contribution in [3.63, 3.8) is 0 Å². The van der Waals surface area contributed by atoms with Crippen LogP contribution in [-0.2, 0) is 10.0 Å². The van der Waals surface area contributed by atoms with Gasteiger partial charge < -0.3 is 9.73 Å². The summed E-state index contributed by atoms with van der Waals surface area (Å²) in [5.41, 5.74) is 1.64. The van der Waals surface area contributed by atoms with Crippen LogP contribution in [-0.4, -0.2) is 31.7 Å². The number of furan rings is 1. The number of carbonyl (C=O) groups is 1. The van der Waals surface area contributed by atoms with Crippen LogP contribution < -0.4 is 5.32 Å². The van der Waals surface area contributed by atoms with Crippen LogP contribution in [0.4, 0.5) is 5.69 Å². The van der Waals surface area contributed by atoms with Gasteiger partial charge in [0, 0.05) is 23.2 Å². The molecule has 0 atom stereocenters. The maximum atomic E-state index is 12.6. The van der Waals surface area contributed by atoms with Crippen molar-refractivity contribution in [3.8, 4) is 0 Å². The van der Waals surface area contributed by atoms with Crippen molar-refractivity contribution >= 4 is 37.5 Å². The second-order valence-corrected chi connectivity index (χ2v) is 8.72. The van der Waals surface area contributed by atoms with Crippen LogP contribution in [0.25, 0.3) is 0 Å². The van der Waals surface area contributed by atoms with Crippen LogP contribution in [0, 0.1) is 6.92 Å². The summed E-state index contributed by atoms with van der Waals surface area (Å²) in [5.74, 6) is -0.525. The zero-order chi connectivity index (χ0) is 18.0. The third kappa shape index (κ3) is 3.96. The second-order valence-electron chi connectivity index (χ2n) is 6.00. The predicted octanol–water partition coefficient (Wildman–Crippen LogP) is 3.78. The van der Waals surface area contributed by atoms with Gasteiger partial charge in [0.25, 0.3) is 15.9 Å². The van der Waals surface area contributed by atoms with E-state index in [0.29, 0.717) is 18.8 Å². The highest BCUT2D eigenvalue weighted by Gasteiger charge is 2.29. The van der Waals surface area contributed by atoms with E-state index in [-0.39, 0.29) is 10.9 Å². The van der Waals surface area contributed by atoms with Crippen molar-refractivity contribution < 1.29 is 17.6 Å². The molecule has 3 rings (SSSR count). The fraction of sp³-hybridized carbons (Fsp3) is 0.353. The number of sulfonamides is 1. The topological polar surface area (TPSA) is 79.6 Å². The van der Waals surface area contributed by atoms with Gasteiger partial charge in [-0.25, -0.2) is 8.42 Å². The molecule has 1 aliphatic heterocycles. The highest BCUT2D eigenvalue weighted by molar-refractivity contribution is 9.10. The Balaban J connectivity index is 1.76. The molecule has 6 nitrogen and oxygen atoms in total. The van der Waals surface area contributed by atoms with Crippen molar-refractivity contribution in [2.24, 2.45) is 0 Å². The average molecular weight is 427 g/mol. The van der Waals surface area contributed by atoms with Gasteiger partial charge in [0.05, 0.1) is 0 Å². The molecule has 1 N–H and O–H groups in total. The molecule has 1 aliphatic rings. The normalized spacial score (nSPS) is 15.9. The Labute approximate surface area is 155 Å². The van der Waals surface area contributed by atoms with Crippen molar-refractivity contribution in [2.75, 3.05) is 18.4 Å². The third-order valence-corrected chi connectivity index (χ3v) is 6.77. The van der Waals surface area contributed by atoms with Crippen molar-refractivity contribution in [1.82, 2.24) is 4.31 Å². The Hall–Kier alpha value is -1.64. The van der Waals surface area contributed by atoms with E-state index >= 15 is 0 Å². The molecular weight excluding hydrogens is 408 g/mol. The Morgan fingerprint density at radius 2 is 1.88 bits per heavy atom. The summed E-state index contributed by atoms with van der Waals surface area (Å²) in [4.78, 5) is 12.3. The second kappa shape index (κ2) is 7.31. The van der Waals surface area contributed by atoms with E-state index in [2.05, 4.69) is 21.2 Å². The Bertz CT molecular complexity index is 886. The SMILES string of the molecule is Cc1ccc(NC(=O)c2ccc(S(=O)(=O)N3CCCCC3)o2)cc1Br. The summed E-state index contributed by atoms with van der Waals surface area (Å²) in [7, 11) is -3.68. The molecule has 0 spiro atoms. The molecule has 1 saturated heterocycles. The number of amides is 1. The first-order valence-electron chi connectivity index (χ1n) is 8.05. The van der Waals surface area contributed by atoms with Gasteiger partial charge in [0.2, 0.25) is 5.09 Å². The Morgan fingerprint density at radius 1 is 1.16 bits per heavy atom. The van der Waals surface area contributed by atoms with Gasteiger partial charge in [-0.1, -0.05) is 28.4 Å². The molecule has 0 unspecified atom stereocenters. The summed E-state index contributed by atoms with van der Waals surface area (Å²) in [5, 5.41) is 2.51. The number of nitrogens with one attached hydrogen (secondary N) is 1. The van der Waals surface area contributed by atoms with Crippen LogP contribution in [0.3, 0.4) is 0 Å². The Morgan fingerprint density at radius 3 is 2.56 bits per heavy atom. The fourth-order valence-corrected chi connectivity index (χ4v) is 4.48. The molecule has 1 amide bonds. The molecule has 0 aliphatic carbocycles. The van der Waals surface area contributed by atoms with E-state index in [1.807, 2.05) is 13.0 Å². The highest BCUT2D eigenvalue weighted by Crippen LogP contribution is 2.24. The van der Waals surface area contributed by atoms with E-state index in [1.165, 1.54) is 16.4 Å². The third-order valence-electron chi connectivity index (χ3n) is 4.14. The monoisotopic (exact) mass is 426 g/mol. The van der Waals surface area contributed by atoms with Crippen LogP contribution in [0.5, 0.6) is 0 Å². The van der Waals surface area contributed by atoms with E-state index in [4.69, 9.17) is 4.42 Å². The molecule has 1 aromatic carbocycles. The van der Waals surface area contributed by atoms with Crippen molar-refractivity contribution in [3.05, 3.63) is 46.1 Å². The molecule has 0 saturated carbocycles. The number of hydrogen-bond acceptors (Lipinski definition) is 4. The smallest absolute Gasteiger partial charge is 0.291 e. The fourth-order valence-electron chi connectivity index (χ4n) is 2.68. The first-order valence-corrected chi connectivity index (χ1v) is 10.3. The minimum atomic E-state index is -3.68. The molecular formula is C17H19BrN2O4S. The number of benzene rings is 1. The van der Waals surface area contributed by atoms with E-state index < -0.39 is 15.9 Å². The molecule has 2 heterocycles. The van der Waals surface area contributed by atoms with Gasteiger partial charge in [0.15, 0.2) is 5.76 Å². The zero-order valence-corrected chi connectivity index (χ0v) is 16.2. The lowest BCUT2D eigenvalue weighted by molar-refractivity contribution is 0.0991. The number of hydrogen-bond donors (Lipinski definition) is 1. The van der Waals surface area contributed by atoms with Gasteiger partial charge in [-0.3, -0.25) is 4.79 Å². The summed E-state index contributed by atoms with van der Waals surface area (Å²) >= 11 is 3.41. The van der Waals surface area contributed by atoms with Gasteiger partial charge in [-0.2, -0.15) is 4.31 Å². The van der Waals surface area contributed by atoms with Gasteiger partial charge in [-0.15, -0.1) is 0 Å². The van der Waals surface area contributed by atoms with Crippen LogP contribution in [0.1, 0.15) is 35.4 Å². The highest BCUT2D eigenvalue weighted by atomic mass is 79.9. The molecule has 0 bridgehead atoms. The molecule has 1 fully saturated rings. The summed E-state index contributed by atoms with van der Waals surface area (Å²) in [6, 6.07) is 8.14. The maximum Gasteiger partial charge on any atom is 0.291 e. The quantitative estimate of drug-likeness (QED) is 0.806. The standard InChI is InChI=1S/C17H19BrN2O4S/c1-12-5-6-13(11-14(12)18)19-17(21)15-7-8-16(24-15)25(22,23)20-9-3-2-4-10-20/h5-8,11H,2-4,9-10H2,1H3,(H,19,21). The number of carbonyl (C=O) groups excluding carboxylic acids is 1. The molecule has 2 aromatic rings. The lowest BCUT2D eigenvalue weighted by Gasteiger charge is -2.24. The number of nitrogens with zero attached hydrogens (tertiary/aromatic N) is 1. The lowest BCUT2D eigenvalue weighted by atomic mass is 10.2. The van der Waals surface area contributed by atoms with Gasteiger partial charge in [-0.05, 0) is 49.6 Å². The maximum absolute atomic E-state index is 12.6. The average Bonchev–Trinajstić information content (AvgIpc) is 3.10. The number of piperidine rings is 1. The van der Waals surface area contributed by atoms with Gasteiger partial charge in [0.1, 0.15) is 0 Å². The first kappa shape index (κ1) is 18.2. The number of halogens is 1. The van der Waals surface area contributed by atoms with E-state index in [0.717, 1.165) is 29.3 Å². The molecule has 0 radical (unpaired) electrons. The summed E-state index contributed by atoms with van der Waals surface area (Å²) < 4.78 is 32.7. The molecule has 1 aromatic heterocycles. The Kier molecular flexibility index (Phi) is 5.31. The zero-order valence-electron chi connectivity index (χ0n) is 13.8. The minimum absolute atomic E-state index is 0.0349. The molecule has 8 heteroatoms. The van der Waals surface area contributed by atoms with E-state index in [9.17, 15) is 13.2 Å². The summed E-state index contributed by atoms with van der Waals surface area (Å²) in [6.07, 6.45) is 2.72. The van der Waals surface area contributed by atoms with Crippen molar-refractivity contribution in [1.29, 1.82) is 0 Å². The summed E-state index contributed by atoms with van der Waals surface area (Å²) in [6.45, 7) is 2.92. The van der Waals surface area contributed by atoms with E-state index in [1.54, 1.807) is 12.1 Å². The number of aryl methyl sites for hydroxylation is 1. The van der Waals surface area contributed by atoms with Crippen LogP contribution in [0.15, 0.2) is 44.3 Å². The predicted molar refractivity (Wildman–Crippen MR) is 98.2 cm³/mol. The van der Waals surface area contributed by atoms with Crippen LogP contribution in [0.2, 0.25) is 0 Å². The lowest BCUT2D eigenvalue weighted by Crippen LogP contribution is -2.35. The first-order chi connectivity index (χ1) is 11.9. The largest absolute Gasteiger partial charge is 0.438 e. The van der Waals surface area contributed by atoms with Gasteiger partial charge >= 0.3 is 0 Å². The minimum Gasteiger partial charge on any atom is -0.438 e. The molecule has 134 valence electrons. The number of anilines is 1. The number of rotatable bonds is 4. The van der Waals surface area contributed by atoms with Crippen molar-refractivity contribution in [2.45, 2.75) is 31.3 Å². The molecule has 25 heavy (non-hydrogen) atoms.